The van der Waals surface area contributed by atoms with Gasteiger partial charge < -0.3 is 19.6 Å². The summed E-state index contributed by atoms with van der Waals surface area (Å²) in [6.07, 6.45) is 4.16. The van der Waals surface area contributed by atoms with Crippen LogP contribution in [0, 0.1) is 6.92 Å². The van der Waals surface area contributed by atoms with Gasteiger partial charge in [-0.3, -0.25) is 14.5 Å². The highest BCUT2D eigenvalue weighted by molar-refractivity contribution is 5.91. The number of ketones is 1. The van der Waals surface area contributed by atoms with Gasteiger partial charge in [0.25, 0.3) is 0 Å². The van der Waals surface area contributed by atoms with E-state index >= 15 is 0 Å². The number of imidazole rings is 1. The molecule has 1 amide bonds. The molecule has 1 aliphatic rings. The van der Waals surface area contributed by atoms with Crippen LogP contribution in [0.15, 0.2) is 54.7 Å². The van der Waals surface area contributed by atoms with Crippen LogP contribution < -0.4 is 4.74 Å². The highest BCUT2D eigenvalue weighted by Gasteiger charge is 2.34. The molecule has 5 rings (SSSR count). The molecular weight excluding hydrogens is 490 g/mol. The van der Waals surface area contributed by atoms with Crippen LogP contribution in [0.2, 0.25) is 0 Å². The molecule has 0 aliphatic carbocycles. The van der Waals surface area contributed by atoms with Gasteiger partial charge in [0, 0.05) is 49.1 Å². The van der Waals surface area contributed by atoms with Crippen LogP contribution in [0.1, 0.15) is 49.3 Å². The Morgan fingerprint density at radius 2 is 1.92 bits per heavy atom. The number of piperazine rings is 1. The van der Waals surface area contributed by atoms with E-state index in [1.54, 1.807) is 7.11 Å². The Morgan fingerprint density at radius 3 is 2.69 bits per heavy atom. The van der Waals surface area contributed by atoms with Crippen molar-refractivity contribution in [2.24, 2.45) is 0 Å². The number of methoxy groups -OCH3 is 1. The number of carbonyl (C=O) groups is 2. The Balaban J connectivity index is 1.39. The number of H-pyrrole nitrogens is 2. The van der Waals surface area contributed by atoms with Gasteiger partial charge in [0.05, 0.1) is 25.4 Å². The first kappa shape index (κ1) is 26.7. The molecule has 2 aromatic carbocycles. The molecule has 1 aliphatic heterocycles. The number of nitrogens with zero attached hydrogens (tertiary/aromatic N) is 3. The normalized spacial score (nSPS) is 16.1. The summed E-state index contributed by atoms with van der Waals surface area (Å²) in [5, 5.41) is 1.01. The first-order chi connectivity index (χ1) is 19.0. The van der Waals surface area contributed by atoms with E-state index in [0.29, 0.717) is 38.1 Å². The van der Waals surface area contributed by atoms with Crippen molar-refractivity contribution in [2.75, 3.05) is 33.3 Å². The van der Waals surface area contributed by atoms with E-state index in [2.05, 4.69) is 14.9 Å². The van der Waals surface area contributed by atoms with Crippen molar-refractivity contribution >= 4 is 22.6 Å². The zero-order valence-electron chi connectivity index (χ0n) is 23.0. The number of nitrogens with one attached hydrogen (secondary N) is 2. The third-order valence-electron chi connectivity index (χ3n) is 7.76. The number of Topliss-reactive ketones (excluding diaryl/α,β-unsaturated/α-hetero) is 1. The second-order valence-corrected chi connectivity index (χ2v) is 10.3. The smallest absolute Gasteiger partial charge is 0.227 e. The summed E-state index contributed by atoms with van der Waals surface area (Å²) in [6.45, 7) is 6.81. The molecule has 0 radical (unpaired) electrons. The van der Waals surface area contributed by atoms with Crippen molar-refractivity contribution in [3.63, 3.8) is 0 Å². The molecule has 1 fully saturated rings. The highest BCUT2D eigenvalue weighted by atomic mass is 16.5. The van der Waals surface area contributed by atoms with Gasteiger partial charge in [-0.2, -0.15) is 0 Å². The minimum atomic E-state index is -0.203. The lowest BCUT2D eigenvalue weighted by Gasteiger charge is -2.40. The van der Waals surface area contributed by atoms with E-state index in [9.17, 15) is 9.59 Å². The maximum absolute atomic E-state index is 13.9. The van der Waals surface area contributed by atoms with E-state index in [-0.39, 0.29) is 11.9 Å². The molecule has 8 nitrogen and oxygen atoms in total. The lowest BCUT2D eigenvalue weighted by Crippen LogP contribution is -2.51. The maximum Gasteiger partial charge on any atom is 0.227 e. The van der Waals surface area contributed by atoms with Crippen LogP contribution in [0.25, 0.3) is 22.2 Å². The lowest BCUT2D eigenvalue weighted by atomic mass is 10.0. The minimum absolute atomic E-state index is 0.0743. The number of hydrogen-bond donors (Lipinski definition) is 2. The van der Waals surface area contributed by atoms with E-state index in [1.807, 2.05) is 73.5 Å². The molecule has 1 unspecified atom stereocenters. The summed E-state index contributed by atoms with van der Waals surface area (Å²) in [5.41, 5.74) is 4.98. The van der Waals surface area contributed by atoms with Gasteiger partial charge in [0.15, 0.2) is 0 Å². The van der Waals surface area contributed by atoms with Gasteiger partial charge in [-0.25, -0.2) is 4.98 Å². The largest absolute Gasteiger partial charge is 0.497 e. The molecule has 0 saturated carbocycles. The first-order valence-electron chi connectivity index (χ1n) is 13.8. The zero-order valence-corrected chi connectivity index (χ0v) is 23.0. The topological polar surface area (TPSA) is 94.3 Å². The third kappa shape index (κ3) is 5.91. The van der Waals surface area contributed by atoms with Crippen LogP contribution in [0.5, 0.6) is 5.75 Å². The molecule has 1 atom stereocenters. The molecule has 3 heterocycles. The highest BCUT2D eigenvalue weighted by Crippen LogP contribution is 2.30. The van der Waals surface area contributed by atoms with E-state index in [0.717, 1.165) is 64.5 Å². The third-order valence-corrected chi connectivity index (χ3v) is 7.76. The Kier molecular flexibility index (Phi) is 8.12. The fourth-order valence-corrected chi connectivity index (χ4v) is 5.49. The fourth-order valence-electron chi connectivity index (χ4n) is 5.49. The number of aromatic nitrogens is 3. The second-order valence-electron chi connectivity index (χ2n) is 10.3. The van der Waals surface area contributed by atoms with Crippen molar-refractivity contribution in [1.82, 2.24) is 24.8 Å². The summed E-state index contributed by atoms with van der Waals surface area (Å²) >= 11 is 0. The molecule has 8 heteroatoms. The summed E-state index contributed by atoms with van der Waals surface area (Å²) < 4.78 is 5.44. The summed E-state index contributed by atoms with van der Waals surface area (Å²) in [7, 11) is 1.65. The number of amides is 1. The molecule has 204 valence electrons. The Hall–Kier alpha value is -3.91. The summed E-state index contributed by atoms with van der Waals surface area (Å²) in [4.78, 5) is 41.7. The second kappa shape index (κ2) is 11.9. The van der Waals surface area contributed by atoms with Crippen LogP contribution >= 0.6 is 0 Å². The van der Waals surface area contributed by atoms with Crippen LogP contribution in [0.4, 0.5) is 0 Å². The molecule has 39 heavy (non-hydrogen) atoms. The molecule has 0 spiro atoms. The molecule has 4 aromatic rings. The van der Waals surface area contributed by atoms with Crippen LogP contribution in [0.3, 0.4) is 0 Å². The minimum Gasteiger partial charge on any atom is -0.497 e. The van der Waals surface area contributed by atoms with Gasteiger partial charge >= 0.3 is 0 Å². The monoisotopic (exact) mass is 527 g/mol. The number of aromatic amines is 2. The molecule has 1 saturated heterocycles. The Morgan fingerprint density at radius 1 is 1.10 bits per heavy atom. The predicted molar refractivity (Wildman–Crippen MR) is 153 cm³/mol. The molecule has 2 aromatic heterocycles. The van der Waals surface area contributed by atoms with E-state index < -0.39 is 0 Å². The first-order valence-corrected chi connectivity index (χ1v) is 13.8. The van der Waals surface area contributed by atoms with Gasteiger partial charge in [-0.05, 0) is 49.2 Å². The summed E-state index contributed by atoms with van der Waals surface area (Å²) in [5.74, 6) is 1.93. The quantitative estimate of drug-likeness (QED) is 0.301. The SMILES string of the molecule is CCC(=O)CCCN1CCN(C(=O)Cc2c(C)[nH]c3ccc(OC)cc23)C(c2ncc(-c3ccccc3)[nH]2)C1. The van der Waals surface area contributed by atoms with Crippen LogP contribution in [-0.2, 0) is 16.0 Å². The number of carbonyl (C=O) groups excluding carboxylic acids is 2. The number of ether oxygens (including phenoxy) is 1. The fraction of sp³-hybridized carbons (Fsp3) is 0.387. The van der Waals surface area contributed by atoms with Crippen molar-refractivity contribution < 1.29 is 14.3 Å². The molecule has 0 bridgehead atoms. The van der Waals surface area contributed by atoms with Crippen molar-refractivity contribution in [2.45, 2.75) is 45.6 Å². The Labute approximate surface area is 229 Å². The molecule has 2 N–H and O–H groups in total. The number of aryl methyl sites for hydroxylation is 1. The average Bonchev–Trinajstić information content (AvgIpc) is 3.58. The van der Waals surface area contributed by atoms with Crippen molar-refractivity contribution in [3.8, 4) is 17.0 Å². The van der Waals surface area contributed by atoms with Gasteiger partial charge in [0.1, 0.15) is 23.4 Å². The van der Waals surface area contributed by atoms with Crippen LogP contribution in [-0.4, -0.2) is 69.7 Å². The van der Waals surface area contributed by atoms with Crippen molar-refractivity contribution in [3.05, 3.63) is 71.8 Å². The Bertz CT molecular complexity index is 1440. The lowest BCUT2D eigenvalue weighted by molar-refractivity contribution is -0.135. The summed E-state index contributed by atoms with van der Waals surface area (Å²) in [6, 6.07) is 15.8. The predicted octanol–water partition coefficient (Wildman–Crippen LogP) is 5.06. The molecular formula is C31H37N5O3. The number of hydrogen-bond acceptors (Lipinski definition) is 5. The zero-order chi connectivity index (χ0) is 27.4. The standard InChI is InChI=1S/C31H37N5O3/c1-4-23(37)11-8-14-35-15-16-36(29(20-35)31-32-19-28(34-31)22-9-6-5-7-10-22)30(38)18-25-21(2)33-27-13-12-24(39-3)17-26(25)27/h5-7,9-10,12-13,17,19,29,33H,4,8,11,14-16,18,20H2,1-3H3,(H,32,34). The maximum atomic E-state index is 13.9. The number of fused-ring (bicyclic) bond motifs is 1. The van der Waals surface area contributed by atoms with E-state index in [1.165, 1.54) is 0 Å². The number of benzene rings is 2. The average molecular weight is 528 g/mol. The van der Waals surface area contributed by atoms with Gasteiger partial charge in [0.2, 0.25) is 5.91 Å². The number of rotatable bonds is 10. The van der Waals surface area contributed by atoms with Crippen molar-refractivity contribution in [1.29, 1.82) is 0 Å². The van der Waals surface area contributed by atoms with Gasteiger partial charge in [-0.15, -0.1) is 0 Å². The van der Waals surface area contributed by atoms with E-state index in [4.69, 9.17) is 9.72 Å². The van der Waals surface area contributed by atoms with Gasteiger partial charge in [-0.1, -0.05) is 37.3 Å².